The van der Waals surface area contributed by atoms with E-state index in [1.165, 1.54) is 0 Å². The third-order valence-corrected chi connectivity index (χ3v) is 4.32. The van der Waals surface area contributed by atoms with Crippen LogP contribution in [0.5, 0.6) is 0 Å². The molecule has 2 atom stereocenters. The summed E-state index contributed by atoms with van der Waals surface area (Å²) in [6, 6.07) is 1.67. The van der Waals surface area contributed by atoms with Gasteiger partial charge in [0.15, 0.2) is 5.82 Å². The zero-order valence-corrected chi connectivity index (χ0v) is 15.2. The van der Waals surface area contributed by atoms with Gasteiger partial charge in [-0.3, -0.25) is 9.48 Å². The number of rotatable bonds is 4. The monoisotopic (exact) mass is 346 g/mol. The molecule has 0 spiro atoms. The first-order valence-electron chi connectivity index (χ1n) is 8.75. The highest BCUT2D eigenvalue weighted by molar-refractivity contribution is 5.92. The summed E-state index contributed by atoms with van der Waals surface area (Å²) in [5, 5.41) is 14.6. The Bertz CT molecular complexity index is 724. The van der Waals surface area contributed by atoms with E-state index in [-0.39, 0.29) is 17.4 Å². The van der Waals surface area contributed by atoms with Crippen molar-refractivity contribution in [1.29, 1.82) is 0 Å². The van der Waals surface area contributed by atoms with E-state index in [4.69, 9.17) is 4.52 Å². The third-order valence-electron chi connectivity index (χ3n) is 4.32. The van der Waals surface area contributed by atoms with Crippen LogP contribution in [0.3, 0.4) is 0 Å². The molecule has 8 heteroatoms. The van der Waals surface area contributed by atoms with Crippen molar-refractivity contribution < 1.29 is 9.32 Å². The molecule has 1 fully saturated rings. The highest BCUT2D eigenvalue weighted by Gasteiger charge is 2.25. The Balaban J connectivity index is 1.63. The molecule has 2 N–H and O–H groups in total. The predicted octanol–water partition coefficient (Wildman–Crippen LogP) is 1.98. The summed E-state index contributed by atoms with van der Waals surface area (Å²) in [6.07, 6.45) is 4.06. The van der Waals surface area contributed by atoms with Crippen molar-refractivity contribution in [2.45, 2.75) is 58.0 Å². The van der Waals surface area contributed by atoms with Gasteiger partial charge in [-0.05, 0) is 32.4 Å². The number of nitrogens with zero attached hydrogens (tertiary/aromatic N) is 4. The minimum absolute atomic E-state index is 0.196. The first-order valence-corrected chi connectivity index (χ1v) is 8.75. The smallest absolute Gasteiger partial charge is 0.272 e. The molecule has 0 aliphatic carbocycles. The molecule has 0 aromatic carbocycles. The van der Waals surface area contributed by atoms with Crippen LogP contribution >= 0.6 is 0 Å². The zero-order chi connectivity index (χ0) is 18.0. The molecule has 3 heterocycles. The molecule has 1 saturated heterocycles. The normalized spacial score (nSPS) is 19.6. The van der Waals surface area contributed by atoms with Gasteiger partial charge >= 0.3 is 0 Å². The largest absolute Gasteiger partial charge is 0.339 e. The maximum atomic E-state index is 12.4. The Morgan fingerprint density at radius 3 is 2.92 bits per heavy atom. The van der Waals surface area contributed by atoms with Crippen LogP contribution < -0.4 is 10.6 Å². The van der Waals surface area contributed by atoms with E-state index in [1.807, 2.05) is 38.6 Å². The van der Waals surface area contributed by atoms with Gasteiger partial charge in [0, 0.05) is 18.2 Å². The Hall–Kier alpha value is -2.22. The molecule has 1 aliphatic heterocycles. The maximum absolute atomic E-state index is 12.4. The lowest BCUT2D eigenvalue weighted by atomic mass is 9.96. The highest BCUT2D eigenvalue weighted by Crippen LogP contribution is 2.21. The fourth-order valence-corrected chi connectivity index (χ4v) is 2.77. The number of nitrogens with one attached hydrogen (secondary N) is 2. The number of carbonyl (C=O) groups excluding carboxylic acids is 1. The van der Waals surface area contributed by atoms with Gasteiger partial charge in [0.2, 0.25) is 5.89 Å². The van der Waals surface area contributed by atoms with Crippen LogP contribution in [0.4, 0.5) is 0 Å². The van der Waals surface area contributed by atoms with Crippen LogP contribution in [-0.2, 0) is 5.41 Å². The SMILES string of the molecule is CC(NC(=O)c1ccn(C2CCCNC2)n1)c1nc(C(C)(C)C)no1. The molecular weight excluding hydrogens is 320 g/mol. The van der Waals surface area contributed by atoms with Crippen molar-refractivity contribution in [3.05, 3.63) is 29.7 Å². The number of hydrogen-bond acceptors (Lipinski definition) is 6. The number of piperidine rings is 1. The van der Waals surface area contributed by atoms with Crippen LogP contribution in [0.25, 0.3) is 0 Å². The van der Waals surface area contributed by atoms with Crippen LogP contribution in [0.2, 0.25) is 0 Å². The summed E-state index contributed by atoms with van der Waals surface area (Å²) >= 11 is 0. The first-order chi connectivity index (χ1) is 11.8. The van der Waals surface area contributed by atoms with Crippen molar-refractivity contribution in [1.82, 2.24) is 30.6 Å². The molecule has 0 bridgehead atoms. The number of hydrogen-bond donors (Lipinski definition) is 2. The van der Waals surface area contributed by atoms with Crippen LogP contribution in [0.15, 0.2) is 16.8 Å². The Labute approximate surface area is 147 Å². The molecule has 136 valence electrons. The average molecular weight is 346 g/mol. The van der Waals surface area contributed by atoms with Crippen molar-refractivity contribution >= 4 is 5.91 Å². The molecule has 0 saturated carbocycles. The van der Waals surface area contributed by atoms with Crippen molar-refractivity contribution in [2.24, 2.45) is 0 Å². The van der Waals surface area contributed by atoms with E-state index in [9.17, 15) is 4.79 Å². The van der Waals surface area contributed by atoms with Crippen LogP contribution in [-0.4, -0.2) is 38.9 Å². The topological polar surface area (TPSA) is 97.9 Å². The van der Waals surface area contributed by atoms with E-state index < -0.39 is 0 Å². The molecular formula is C17H26N6O2. The van der Waals surface area contributed by atoms with Crippen molar-refractivity contribution in [3.63, 3.8) is 0 Å². The lowest BCUT2D eigenvalue weighted by Gasteiger charge is -2.22. The molecule has 2 unspecified atom stereocenters. The van der Waals surface area contributed by atoms with Gasteiger partial charge in [0.1, 0.15) is 11.7 Å². The Kier molecular flexibility index (Phi) is 4.89. The van der Waals surface area contributed by atoms with E-state index in [0.29, 0.717) is 23.5 Å². The van der Waals surface area contributed by atoms with Gasteiger partial charge in [-0.1, -0.05) is 25.9 Å². The highest BCUT2D eigenvalue weighted by atomic mass is 16.5. The average Bonchev–Trinajstić information content (AvgIpc) is 3.25. The van der Waals surface area contributed by atoms with Crippen LogP contribution in [0, 0.1) is 0 Å². The minimum Gasteiger partial charge on any atom is -0.339 e. The van der Waals surface area contributed by atoms with E-state index in [0.717, 1.165) is 25.9 Å². The molecule has 2 aromatic rings. The van der Waals surface area contributed by atoms with Crippen molar-refractivity contribution in [2.75, 3.05) is 13.1 Å². The van der Waals surface area contributed by atoms with Gasteiger partial charge in [0.05, 0.1) is 6.04 Å². The molecule has 25 heavy (non-hydrogen) atoms. The maximum Gasteiger partial charge on any atom is 0.272 e. The molecule has 0 radical (unpaired) electrons. The molecule has 8 nitrogen and oxygen atoms in total. The second-order valence-corrected chi connectivity index (χ2v) is 7.58. The van der Waals surface area contributed by atoms with Gasteiger partial charge in [0.25, 0.3) is 5.91 Å². The van der Waals surface area contributed by atoms with Gasteiger partial charge in [-0.25, -0.2) is 0 Å². The third kappa shape index (κ3) is 4.07. The fraction of sp³-hybridized carbons (Fsp3) is 0.647. The fourth-order valence-electron chi connectivity index (χ4n) is 2.77. The minimum atomic E-state index is -0.377. The van der Waals surface area contributed by atoms with Crippen LogP contribution in [0.1, 0.15) is 74.8 Å². The summed E-state index contributed by atoms with van der Waals surface area (Å²) in [7, 11) is 0. The summed E-state index contributed by atoms with van der Waals surface area (Å²) in [4.78, 5) is 16.8. The lowest BCUT2D eigenvalue weighted by molar-refractivity contribution is 0.0926. The molecule has 2 aromatic heterocycles. The lowest BCUT2D eigenvalue weighted by Crippen LogP contribution is -2.32. The number of carbonyl (C=O) groups is 1. The van der Waals surface area contributed by atoms with Crippen molar-refractivity contribution in [3.8, 4) is 0 Å². The van der Waals surface area contributed by atoms with Gasteiger partial charge in [-0.2, -0.15) is 10.1 Å². The summed E-state index contributed by atoms with van der Waals surface area (Å²) < 4.78 is 7.15. The summed E-state index contributed by atoms with van der Waals surface area (Å²) in [5.74, 6) is 0.775. The first kappa shape index (κ1) is 17.6. The van der Waals surface area contributed by atoms with E-state index in [2.05, 4.69) is 25.9 Å². The Morgan fingerprint density at radius 2 is 2.28 bits per heavy atom. The predicted molar refractivity (Wildman–Crippen MR) is 92.2 cm³/mol. The van der Waals surface area contributed by atoms with E-state index >= 15 is 0 Å². The quantitative estimate of drug-likeness (QED) is 0.878. The molecule has 1 aliphatic rings. The number of aromatic nitrogens is 4. The van der Waals surface area contributed by atoms with Gasteiger partial charge in [-0.15, -0.1) is 0 Å². The summed E-state index contributed by atoms with van der Waals surface area (Å²) in [6.45, 7) is 9.78. The molecule has 1 amide bonds. The van der Waals surface area contributed by atoms with Gasteiger partial charge < -0.3 is 15.2 Å². The zero-order valence-electron chi connectivity index (χ0n) is 15.2. The number of amides is 1. The summed E-state index contributed by atoms with van der Waals surface area (Å²) in [5.41, 5.74) is 0.200. The second-order valence-electron chi connectivity index (χ2n) is 7.58. The molecule has 3 rings (SSSR count). The Morgan fingerprint density at radius 1 is 1.48 bits per heavy atom. The second kappa shape index (κ2) is 6.95. The van der Waals surface area contributed by atoms with E-state index in [1.54, 1.807) is 6.07 Å². The standard InChI is InChI=1S/C17H26N6O2/c1-11(15-20-16(22-25-15)17(2,3)4)19-14(24)13-7-9-23(21-13)12-6-5-8-18-10-12/h7,9,11-12,18H,5-6,8,10H2,1-4H3,(H,19,24).